The number of imide groups is 1. The van der Waals surface area contributed by atoms with Gasteiger partial charge in [-0.05, 0) is 37.0 Å². The second-order valence-electron chi connectivity index (χ2n) is 18.5. The van der Waals surface area contributed by atoms with Gasteiger partial charge in [-0.25, -0.2) is 43.5 Å². The summed E-state index contributed by atoms with van der Waals surface area (Å²) >= 11 is 9.52. The number of amides is 8. The van der Waals surface area contributed by atoms with Gasteiger partial charge in [-0.2, -0.15) is 0 Å². The van der Waals surface area contributed by atoms with E-state index < -0.39 is 135 Å². The van der Waals surface area contributed by atoms with Gasteiger partial charge in [0, 0.05) is 44.6 Å². The standard InChI is InChI=1S/C42H54F2N16O14P2S2/c1-19(2)29(56-24(62)9-12-58-25(63)7-8-26(58)64)39(66)55-20(5-3-11-48-42(46)67)38(65)47-10-4-6-23(61)57-35-31-37(52-16-50-35)60(18-54-31)41-28(44)33-22(73-41)14-71-76(69,78)74-32-21(13-70-75(33,68)77)72-40(27(32)43)59-17-53-30-34(45)49-15-51-36(30)59/h7-8,15-22,27-29,32-33,40-41H,3-6,9-14H2,1-2H3,(H,47,65)(H,55,66)(H,56,62)(H,68,77)(H,69,78)(H2,45,49,51)(H3,46,48,67)(H,50,52,57,61)/t20-,21+,22?,27+,28+,29-,32+,33+,40+,41+,75?,76?/m0/s1. The van der Waals surface area contributed by atoms with E-state index in [-0.39, 0.29) is 85.7 Å². The molecule has 0 spiro atoms. The summed E-state index contributed by atoms with van der Waals surface area (Å²) in [6.07, 6.45) is -5.36. The van der Waals surface area contributed by atoms with Gasteiger partial charge in [-0.1, -0.05) is 26.1 Å². The van der Waals surface area contributed by atoms with E-state index in [9.17, 15) is 43.0 Å². The number of carbonyl (C=O) groups is 7. The Bertz CT molecular complexity index is 3090. The van der Waals surface area contributed by atoms with Crippen LogP contribution in [0, 0.1) is 5.92 Å². The molecular formula is C42H54F2N16O14P2S2. The lowest BCUT2D eigenvalue weighted by atomic mass is 10.0. The van der Waals surface area contributed by atoms with Crippen molar-refractivity contribution in [2.45, 2.75) is 107 Å². The summed E-state index contributed by atoms with van der Waals surface area (Å²) in [5.74, 6) is -4.24. The SMILES string of the molecule is CC(C)[C@H](NC(=O)CCN1C(=O)C=CC1=O)C(=O)N[C@@H](CCCNC(N)=O)C(=O)NCCCC(=O)Nc1ncnc2c1ncn2[C@@H]1OC2COP(O)(=S)O[C@H]3[C@@H](F)[C@H](n4cnc5c(N)ncnc54)O[C@@H]3COP(=O)(S)[C@H]2[C@H]1F. The molecule has 8 heterocycles. The highest BCUT2D eigenvalue weighted by Gasteiger charge is 2.58. The van der Waals surface area contributed by atoms with Crippen molar-refractivity contribution in [3.8, 4) is 0 Å². The first-order valence-electron chi connectivity index (χ1n) is 24.1. The van der Waals surface area contributed by atoms with Gasteiger partial charge in [0.15, 0.2) is 53.2 Å². The van der Waals surface area contributed by atoms with Crippen molar-refractivity contribution in [3.63, 3.8) is 0 Å². The number of primary amides is 1. The predicted molar refractivity (Wildman–Crippen MR) is 273 cm³/mol. The molecule has 0 bridgehead atoms. The molecule has 8 rings (SSSR count). The van der Waals surface area contributed by atoms with Crippen molar-refractivity contribution in [3.05, 3.63) is 37.5 Å². The minimum absolute atomic E-state index is 0.0147. The Morgan fingerprint density at radius 2 is 1.46 bits per heavy atom. The Morgan fingerprint density at radius 1 is 0.833 bits per heavy atom. The fourth-order valence-electron chi connectivity index (χ4n) is 8.91. The molecule has 4 aromatic rings. The lowest BCUT2D eigenvalue weighted by Gasteiger charge is -2.25. The number of fused-ring (bicyclic) bond motifs is 4. The predicted octanol–water partition coefficient (Wildman–Crippen LogP) is 0.0838. The monoisotopic (exact) mass is 1170 g/mol. The molecule has 0 aromatic carbocycles. The Hall–Kier alpha value is -6.22. The molecule has 36 heteroatoms. The van der Waals surface area contributed by atoms with Crippen LogP contribution < -0.4 is 38.1 Å². The van der Waals surface area contributed by atoms with E-state index in [2.05, 4.69) is 68.7 Å². The molecular weight excluding hydrogens is 1120 g/mol. The number of hydrogen-bond acceptors (Lipinski definition) is 21. The zero-order chi connectivity index (χ0) is 56.2. The van der Waals surface area contributed by atoms with E-state index in [1.54, 1.807) is 13.8 Å². The summed E-state index contributed by atoms with van der Waals surface area (Å²) in [7, 11) is 0. The van der Waals surface area contributed by atoms with Gasteiger partial charge in [-0.3, -0.25) is 51.9 Å². The lowest BCUT2D eigenvalue weighted by molar-refractivity contribution is -0.138. The van der Waals surface area contributed by atoms with Crippen molar-refractivity contribution in [1.29, 1.82) is 0 Å². The Morgan fingerprint density at radius 3 is 2.15 bits per heavy atom. The van der Waals surface area contributed by atoms with Gasteiger partial charge in [-0.15, -0.1) is 0 Å². The van der Waals surface area contributed by atoms with Crippen LogP contribution in [0.4, 0.5) is 25.2 Å². The summed E-state index contributed by atoms with van der Waals surface area (Å²) in [4.78, 5) is 125. The molecule has 4 aliphatic heterocycles. The maximum absolute atomic E-state index is 16.9. The number of halogens is 2. The summed E-state index contributed by atoms with van der Waals surface area (Å²) in [6.45, 7) is -7.09. The maximum Gasteiger partial charge on any atom is 0.325 e. The molecule has 12 atom stereocenters. The number of nitrogens with zero attached hydrogens (tertiary/aromatic N) is 9. The van der Waals surface area contributed by atoms with Crippen LogP contribution in [-0.2, 0) is 68.2 Å². The Balaban J connectivity index is 0.871. The van der Waals surface area contributed by atoms with Gasteiger partial charge in [0.2, 0.25) is 23.6 Å². The first-order chi connectivity index (χ1) is 37.0. The third kappa shape index (κ3) is 13.1. The molecule has 78 heavy (non-hydrogen) atoms. The number of nitrogens with one attached hydrogen (secondary N) is 5. The molecule has 422 valence electrons. The number of imidazole rings is 2. The number of urea groups is 1. The van der Waals surface area contributed by atoms with Gasteiger partial charge in [0.1, 0.15) is 48.1 Å². The minimum Gasteiger partial charge on any atom is -0.382 e. The summed E-state index contributed by atoms with van der Waals surface area (Å²) in [6, 6.07) is -3.09. The molecule has 4 aromatic heterocycles. The van der Waals surface area contributed by atoms with E-state index in [0.717, 1.165) is 40.6 Å². The van der Waals surface area contributed by atoms with E-state index >= 15 is 8.78 Å². The number of nitrogen functional groups attached to an aromatic ring is 1. The smallest absolute Gasteiger partial charge is 0.325 e. The average molecular weight is 1170 g/mol. The minimum atomic E-state index is -4.43. The van der Waals surface area contributed by atoms with Crippen LogP contribution in [0.15, 0.2) is 37.5 Å². The molecule has 0 radical (unpaired) electrons. The van der Waals surface area contributed by atoms with Crippen molar-refractivity contribution in [1.82, 2.24) is 65.2 Å². The number of ether oxygens (including phenoxy) is 2. The van der Waals surface area contributed by atoms with Crippen LogP contribution in [0.1, 0.15) is 58.4 Å². The fourth-order valence-corrected chi connectivity index (χ4v) is 13.0. The van der Waals surface area contributed by atoms with Crippen LogP contribution in [0.3, 0.4) is 0 Å². The van der Waals surface area contributed by atoms with Crippen molar-refractivity contribution < 1.29 is 74.8 Å². The zero-order valence-electron chi connectivity index (χ0n) is 41.3. The average Bonchev–Trinajstić information content (AvgIpc) is 4.36. The van der Waals surface area contributed by atoms with Gasteiger partial charge >= 0.3 is 12.7 Å². The molecule has 4 aliphatic rings. The Kier molecular flexibility index (Phi) is 18.1. The third-order valence-corrected chi connectivity index (χ3v) is 17.4. The molecule has 0 aliphatic carbocycles. The largest absolute Gasteiger partial charge is 0.382 e. The second kappa shape index (κ2) is 24.4. The number of carbonyl (C=O) groups excluding carboxylic acids is 7. The van der Waals surface area contributed by atoms with Crippen LogP contribution >= 0.6 is 25.5 Å². The highest BCUT2D eigenvalue weighted by Crippen LogP contribution is 2.64. The zero-order valence-corrected chi connectivity index (χ0v) is 44.8. The highest BCUT2D eigenvalue weighted by molar-refractivity contribution is 8.46. The van der Waals surface area contributed by atoms with E-state index in [1.165, 1.54) is 10.9 Å². The van der Waals surface area contributed by atoms with Crippen LogP contribution in [-0.4, -0.2) is 172 Å². The topological polar surface area (TPSA) is 406 Å². The highest BCUT2D eigenvalue weighted by atomic mass is 32.7. The number of aromatic nitrogens is 8. The van der Waals surface area contributed by atoms with E-state index in [1.807, 2.05) is 0 Å². The molecule has 3 fully saturated rings. The van der Waals surface area contributed by atoms with E-state index in [0.29, 0.717) is 0 Å². The lowest BCUT2D eigenvalue weighted by Crippen LogP contribution is -2.55. The molecule has 10 N–H and O–H groups in total. The molecule has 8 amide bonds. The first-order valence-corrected chi connectivity index (χ1v) is 29.5. The number of rotatable bonds is 19. The van der Waals surface area contributed by atoms with Crippen LogP contribution in [0.5, 0.6) is 0 Å². The van der Waals surface area contributed by atoms with E-state index in [4.69, 9.17) is 46.3 Å². The quantitative estimate of drug-likeness (QED) is 0.0260. The molecule has 0 saturated carbocycles. The third-order valence-electron chi connectivity index (χ3n) is 12.8. The number of nitrogens with two attached hydrogens (primary N) is 2. The van der Waals surface area contributed by atoms with Crippen molar-refractivity contribution >= 4 is 113 Å². The Labute approximate surface area is 451 Å². The molecule has 3 unspecified atom stereocenters. The van der Waals surface area contributed by atoms with Gasteiger partial charge < -0.3 is 61.5 Å². The van der Waals surface area contributed by atoms with Crippen LogP contribution in [0.2, 0.25) is 0 Å². The molecule has 3 saturated heterocycles. The number of anilines is 2. The van der Waals surface area contributed by atoms with Gasteiger partial charge in [0.05, 0.1) is 32.0 Å². The summed E-state index contributed by atoms with van der Waals surface area (Å²) in [5.41, 5.74) is 9.57. The van der Waals surface area contributed by atoms with Crippen LogP contribution in [0.25, 0.3) is 22.3 Å². The normalized spacial score (nSPS) is 28.0. The first kappa shape index (κ1) is 57.9. The number of alkyl halides is 2. The summed E-state index contributed by atoms with van der Waals surface area (Å²) in [5, 5.41) is 12.9. The maximum atomic E-state index is 16.9. The number of hydrogen-bond donors (Lipinski definition) is 9. The fraction of sp³-hybridized carbons (Fsp3) is 0.548. The van der Waals surface area contributed by atoms with Crippen molar-refractivity contribution in [2.75, 3.05) is 43.9 Å². The molecule has 30 nitrogen and oxygen atoms in total. The number of thiol groups is 1. The summed E-state index contributed by atoms with van der Waals surface area (Å²) < 4.78 is 78.8. The van der Waals surface area contributed by atoms with Crippen molar-refractivity contribution in [2.24, 2.45) is 11.7 Å². The second-order valence-corrected chi connectivity index (χ2v) is 24.9. The van der Waals surface area contributed by atoms with Gasteiger partial charge in [0.25, 0.3) is 18.4 Å².